The van der Waals surface area contributed by atoms with Crippen molar-refractivity contribution in [2.75, 3.05) is 0 Å². The van der Waals surface area contributed by atoms with E-state index in [1.54, 1.807) is 54.6 Å². The molecule has 17 heteroatoms. The predicted molar refractivity (Wildman–Crippen MR) is 142 cm³/mol. The van der Waals surface area contributed by atoms with E-state index < -0.39 is 35.4 Å². The summed E-state index contributed by atoms with van der Waals surface area (Å²) in [6, 6.07) is 17.5. The summed E-state index contributed by atoms with van der Waals surface area (Å²) >= 11 is 0. The Labute approximate surface area is 269 Å². The largest absolute Gasteiger partial charge is 3.00 e. The van der Waals surface area contributed by atoms with Crippen LogP contribution in [0, 0.1) is 18.7 Å². The number of hydrogen-bond acceptors (Lipinski definition) is 5. The number of nitrogens with zero attached hydrogens (tertiary/aromatic N) is 8. The molecule has 0 bridgehead atoms. The zero-order chi connectivity index (χ0) is 32.6. The summed E-state index contributed by atoms with van der Waals surface area (Å²) in [6.07, 6.45) is -3.31. The average Bonchev–Trinajstić information content (AvgIpc) is 3.70. The summed E-state index contributed by atoms with van der Waals surface area (Å²) in [6.45, 7) is 0. The molecule has 0 unspecified atom stereocenters. The van der Waals surface area contributed by atoms with Gasteiger partial charge in [0.25, 0.3) is 0 Å². The van der Waals surface area contributed by atoms with Crippen LogP contribution >= 0.6 is 0 Å². The normalized spacial score (nSPS) is 11.0. The molecule has 6 aromatic rings. The van der Waals surface area contributed by atoms with Crippen LogP contribution in [0.2, 0.25) is 0 Å². The van der Waals surface area contributed by atoms with Crippen molar-refractivity contribution in [3.05, 3.63) is 128 Å². The zero-order valence-electron chi connectivity index (χ0n) is 22.9. The third-order valence-electron chi connectivity index (χ3n) is 5.48. The monoisotopic (exact) mass is 823 g/mol. The molecule has 0 amide bonds. The van der Waals surface area contributed by atoms with Crippen molar-refractivity contribution in [2.24, 2.45) is 0 Å². The predicted octanol–water partition coefficient (Wildman–Crippen LogP) is 6.19. The van der Waals surface area contributed by atoms with Gasteiger partial charge in [0.05, 0.1) is 5.69 Å². The second-order valence-electron chi connectivity index (χ2n) is 8.69. The molecular formula is C29H18F8IrN8+. The minimum Gasteiger partial charge on any atom is -0.573 e. The van der Waals surface area contributed by atoms with Gasteiger partial charge in [0.2, 0.25) is 0 Å². The smallest absolute Gasteiger partial charge is 0.573 e. The van der Waals surface area contributed by atoms with Gasteiger partial charge in [0.15, 0.2) is 5.69 Å². The average molecular weight is 823 g/mol. The second-order valence-corrected chi connectivity index (χ2v) is 8.69. The van der Waals surface area contributed by atoms with Gasteiger partial charge < -0.3 is 25.0 Å². The number of pyridine rings is 4. The van der Waals surface area contributed by atoms with E-state index in [4.69, 9.17) is 0 Å². The maximum Gasteiger partial charge on any atom is 3.00 e. The molecule has 0 atom stereocenters. The van der Waals surface area contributed by atoms with E-state index in [0.717, 1.165) is 29.0 Å². The molecule has 0 aromatic carbocycles. The van der Waals surface area contributed by atoms with Crippen LogP contribution < -0.4 is 14.8 Å². The Morgan fingerprint density at radius 1 is 0.609 bits per heavy atom. The van der Waals surface area contributed by atoms with E-state index >= 15 is 0 Å². The molecule has 0 N–H and O–H groups in total. The third kappa shape index (κ3) is 9.49. The topological polar surface area (TPSA) is 96.5 Å². The molecule has 0 saturated carbocycles. The van der Waals surface area contributed by atoms with Gasteiger partial charge in [0.1, 0.15) is 29.2 Å². The number of halogens is 8. The summed E-state index contributed by atoms with van der Waals surface area (Å²) in [7, 11) is 3.52. The van der Waals surface area contributed by atoms with Gasteiger partial charge in [-0.05, 0) is 54.6 Å². The minimum absolute atomic E-state index is 0. The number of aromatic nitrogens is 8. The summed E-state index contributed by atoms with van der Waals surface area (Å²) in [5.41, 5.74) is -0.403. The first kappa shape index (κ1) is 35.5. The standard InChI is InChI=1S/C11H8F2N2.2C9H5F3N3.Ir/c1-15-7-8(12)6-9(13)11(15)10-4-2-3-5-14-10;2*10-9(11,12)8-5-7(14-15-8)6-3-1-2-4-13-6;/h2-7H,1H2;2*1-5H;/q;2*-1;+3. The fraction of sp³-hybridized carbons (Fsp3) is 0.0690. The van der Waals surface area contributed by atoms with Gasteiger partial charge >= 0.3 is 32.5 Å². The molecule has 0 fully saturated rings. The van der Waals surface area contributed by atoms with Crippen molar-refractivity contribution in [3.8, 4) is 34.2 Å². The molecule has 0 saturated heterocycles. The molecule has 46 heavy (non-hydrogen) atoms. The van der Waals surface area contributed by atoms with E-state index in [9.17, 15) is 35.1 Å². The molecule has 6 aromatic heterocycles. The van der Waals surface area contributed by atoms with Gasteiger partial charge in [-0.3, -0.25) is 15.0 Å². The summed E-state index contributed by atoms with van der Waals surface area (Å²) in [5.74, 6) is -1.34. The van der Waals surface area contributed by atoms with Gasteiger partial charge in [-0.2, -0.15) is 26.3 Å². The quantitative estimate of drug-likeness (QED) is 0.119. The van der Waals surface area contributed by atoms with Crippen LogP contribution in [0.4, 0.5) is 35.1 Å². The van der Waals surface area contributed by atoms with Crippen molar-refractivity contribution in [1.29, 1.82) is 0 Å². The van der Waals surface area contributed by atoms with Crippen molar-refractivity contribution in [2.45, 2.75) is 12.4 Å². The molecule has 0 spiro atoms. The van der Waals surface area contributed by atoms with Crippen molar-refractivity contribution in [1.82, 2.24) is 35.3 Å². The first-order valence-corrected chi connectivity index (χ1v) is 12.4. The van der Waals surface area contributed by atoms with E-state index in [-0.39, 0.29) is 37.2 Å². The number of hydrogen-bond donors (Lipinski definition) is 0. The maximum absolute atomic E-state index is 13.5. The molecule has 238 valence electrons. The van der Waals surface area contributed by atoms with Crippen molar-refractivity contribution < 1.29 is 59.8 Å². The fourth-order valence-corrected chi connectivity index (χ4v) is 3.50. The molecular weight excluding hydrogens is 805 g/mol. The minimum atomic E-state index is -4.46. The maximum atomic E-state index is 13.5. The van der Waals surface area contributed by atoms with Gasteiger partial charge in [-0.15, -0.1) is 0 Å². The van der Waals surface area contributed by atoms with Crippen LogP contribution in [0.5, 0.6) is 0 Å². The Bertz CT molecular complexity index is 1700. The number of rotatable bonds is 3. The van der Waals surface area contributed by atoms with E-state index in [0.29, 0.717) is 17.1 Å². The van der Waals surface area contributed by atoms with Gasteiger partial charge in [-0.1, -0.05) is 29.6 Å². The fourth-order valence-electron chi connectivity index (χ4n) is 3.50. The molecule has 8 nitrogen and oxygen atoms in total. The Balaban J connectivity index is 0.000000186. The second kappa shape index (κ2) is 15.3. The van der Waals surface area contributed by atoms with Crippen LogP contribution in [-0.2, 0) is 32.5 Å². The van der Waals surface area contributed by atoms with Crippen LogP contribution in [-0.4, -0.2) is 25.1 Å². The van der Waals surface area contributed by atoms with Crippen molar-refractivity contribution >= 4 is 0 Å². The van der Waals surface area contributed by atoms with Crippen LogP contribution in [0.15, 0.2) is 97.6 Å². The SMILES string of the molecule is FC(F)(F)c1cc(-c2ccccn2)[n-]n1.FC(F)(F)c1cc(-c2ccccn2)[n-]n1.[CH2-][n+]1cc(F)cc(F)c1-c1ccccn1.[Ir+3]. The zero-order valence-corrected chi connectivity index (χ0v) is 25.3. The summed E-state index contributed by atoms with van der Waals surface area (Å²) in [4.78, 5) is 11.7. The Kier molecular flexibility index (Phi) is 11.8. The third-order valence-corrected chi connectivity index (χ3v) is 5.48. The van der Waals surface area contributed by atoms with Crippen molar-refractivity contribution in [3.63, 3.8) is 0 Å². The number of alkyl halides is 6. The van der Waals surface area contributed by atoms with Crippen LogP contribution in [0.25, 0.3) is 34.2 Å². The Morgan fingerprint density at radius 2 is 1.02 bits per heavy atom. The summed E-state index contributed by atoms with van der Waals surface area (Å²) in [5, 5.41) is 12.9. The molecule has 0 aliphatic heterocycles. The summed E-state index contributed by atoms with van der Waals surface area (Å²) < 4.78 is 101. The molecule has 0 aliphatic carbocycles. The van der Waals surface area contributed by atoms with Crippen LogP contribution in [0.3, 0.4) is 0 Å². The Hall–Kier alpha value is -5.02. The van der Waals surface area contributed by atoms with E-state index in [2.05, 4.69) is 42.4 Å². The molecule has 6 rings (SSSR count). The van der Waals surface area contributed by atoms with E-state index in [1.165, 1.54) is 18.6 Å². The van der Waals surface area contributed by atoms with Crippen LogP contribution in [0.1, 0.15) is 11.4 Å². The molecule has 0 radical (unpaired) electrons. The first-order chi connectivity index (χ1) is 21.3. The van der Waals surface area contributed by atoms with Gasteiger partial charge in [0, 0.05) is 37.0 Å². The van der Waals surface area contributed by atoms with E-state index in [1.807, 2.05) is 0 Å². The Morgan fingerprint density at radius 3 is 1.35 bits per heavy atom. The molecule has 6 heterocycles. The molecule has 0 aliphatic rings. The van der Waals surface area contributed by atoms with Gasteiger partial charge in [-0.25, -0.2) is 8.78 Å². The first-order valence-electron chi connectivity index (χ1n) is 12.4.